The van der Waals surface area contributed by atoms with E-state index < -0.39 is 0 Å². The average Bonchev–Trinajstić information content (AvgIpc) is 2.36. The van der Waals surface area contributed by atoms with E-state index in [-0.39, 0.29) is 6.61 Å². The molecule has 0 spiro atoms. The zero-order valence-electron chi connectivity index (χ0n) is 10.1. The van der Waals surface area contributed by atoms with Crippen LogP contribution in [0.25, 0.3) is 0 Å². The van der Waals surface area contributed by atoms with E-state index in [1.165, 1.54) is 0 Å². The van der Waals surface area contributed by atoms with Crippen molar-refractivity contribution in [1.29, 1.82) is 0 Å². The molecule has 0 aliphatic heterocycles. The Kier molecular flexibility index (Phi) is 15.8. The highest BCUT2D eigenvalue weighted by molar-refractivity contribution is 7.09. The topological polar surface area (TPSA) is 29.5 Å². The van der Waals surface area contributed by atoms with Gasteiger partial charge in [-0.1, -0.05) is 62.8 Å². The van der Waals surface area contributed by atoms with Crippen molar-refractivity contribution in [2.24, 2.45) is 0 Å². The summed E-state index contributed by atoms with van der Waals surface area (Å²) in [5.41, 5.74) is 1.82. The van der Waals surface area contributed by atoms with Crippen molar-refractivity contribution in [3.63, 3.8) is 0 Å². The van der Waals surface area contributed by atoms with Crippen LogP contribution in [0.5, 0.6) is 0 Å². The van der Waals surface area contributed by atoms with Gasteiger partial charge in [-0.3, -0.25) is 0 Å². The number of allylic oxidation sites excluding steroid dienone is 4. The minimum atomic E-state index is 0.0372. The maximum atomic E-state index is 8.47. The summed E-state index contributed by atoms with van der Waals surface area (Å²) < 4.78 is 4.78. The van der Waals surface area contributed by atoms with Crippen molar-refractivity contribution in [2.75, 3.05) is 13.2 Å². The second-order valence-electron chi connectivity index (χ2n) is 2.83. The van der Waals surface area contributed by atoms with E-state index in [4.69, 9.17) is 9.63 Å². The van der Waals surface area contributed by atoms with Gasteiger partial charge in [0.15, 0.2) is 0 Å². The van der Waals surface area contributed by atoms with E-state index in [1.54, 1.807) is 30.4 Å². The zero-order chi connectivity index (χ0) is 13.5. The Morgan fingerprint density at radius 1 is 1.00 bits per heavy atom. The zero-order valence-corrected chi connectivity index (χ0v) is 11.3. The first-order chi connectivity index (χ1) is 8.19. The molecular weight excluding hydrogens is 231 g/mol. The molecule has 1 N–H and O–H groups in total. The molecule has 94 valence electrons. The largest absolute Gasteiger partial charge is 0.392 e. The van der Waals surface area contributed by atoms with Crippen molar-refractivity contribution in [3.05, 3.63) is 73.9 Å². The average molecular weight is 252 g/mol. The Bertz CT molecular complexity index is 301. The molecule has 0 saturated heterocycles. The van der Waals surface area contributed by atoms with Crippen LogP contribution in [-0.2, 0) is 4.52 Å². The number of hydrogen-bond acceptors (Lipinski definition) is 2. The first kappa shape index (κ1) is 18.2. The summed E-state index contributed by atoms with van der Waals surface area (Å²) in [7, 11) is 2.18. The van der Waals surface area contributed by atoms with Crippen LogP contribution in [0.3, 0.4) is 0 Å². The molecule has 0 aromatic rings. The normalized spacial score (nSPS) is 10.9. The molecule has 0 aliphatic carbocycles. The summed E-state index contributed by atoms with van der Waals surface area (Å²) in [5, 5.41) is 8.47. The fourth-order valence-electron chi connectivity index (χ4n) is 0.759. The molecule has 0 aliphatic rings. The molecule has 0 radical (unpaired) electrons. The minimum Gasteiger partial charge on any atom is -0.392 e. The second kappa shape index (κ2) is 14.8. The van der Waals surface area contributed by atoms with Crippen molar-refractivity contribution < 1.29 is 9.63 Å². The summed E-state index contributed by atoms with van der Waals surface area (Å²) in [5.74, 6) is 0. The molecule has 3 heteroatoms. The summed E-state index contributed by atoms with van der Waals surface area (Å²) in [4.78, 5) is 0. The van der Waals surface area contributed by atoms with Gasteiger partial charge in [-0.15, -0.1) is 0 Å². The quantitative estimate of drug-likeness (QED) is 0.556. The van der Waals surface area contributed by atoms with E-state index in [0.29, 0.717) is 6.61 Å². The van der Waals surface area contributed by atoms with Crippen molar-refractivity contribution in [1.82, 2.24) is 0 Å². The van der Waals surface area contributed by atoms with Gasteiger partial charge in [-0.05, 0) is 11.1 Å². The van der Waals surface area contributed by atoms with Gasteiger partial charge in [0.1, 0.15) is 0 Å². The third-order valence-corrected chi connectivity index (χ3v) is 1.79. The minimum absolute atomic E-state index is 0.0372. The maximum Gasteiger partial charge on any atom is 0.0752 e. The third-order valence-electron chi connectivity index (χ3n) is 1.62. The molecule has 0 amide bonds. The molecule has 1 atom stereocenters. The van der Waals surface area contributed by atoms with Crippen molar-refractivity contribution >= 4 is 9.47 Å². The Hall–Kier alpha value is -1.21. The van der Waals surface area contributed by atoms with Crippen LogP contribution < -0.4 is 0 Å². The fraction of sp³-hybridized carbons (Fsp3) is 0.143. The van der Waals surface area contributed by atoms with Gasteiger partial charge in [-0.2, -0.15) is 0 Å². The Labute approximate surface area is 107 Å². The molecular formula is C14H21O2P. The molecule has 0 heterocycles. The fourth-order valence-corrected chi connectivity index (χ4v) is 0.952. The summed E-state index contributed by atoms with van der Waals surface area (Å²) in [6.07, 6.45) is 10.2. The SMILES string of the molecule is C=C/C=C(\C=C)CO.C=C/C=C(\C=C)COP. The van der Waals surface area contributed by atoms with Gasteiger partial charge in [0.05, 0.1) is 13.2 Å². The molecule has 0 rings (SSSR count). The molecule has 0 bridgehead atoms. The Morgan fingerprint density at radius 3 is 1.71 bits per heavy atom. The van der Waals surface area contributed by atoms with Crippen LogP contribution in [-0.4, -0.2) is 18.3 Å². The lowest BCUT2D eigenvalue weighted by molar-refractivity contribution is 0.335. The highest BCUT2D eigenvalue weighted by Crippen LogP contribution is 1.99. The van der Waals surface area contributed by atoms with E-state index in [2.05, 4.69) is 35.8 Å². The van der Waals surface area contributed by atoms with Crippen LogP contribution in [0.4, 0.5) is 0 Å². The Morgan fingerprint density at radius 2 is 1.47 bits per heavy atom. The predicted octanol–water partition coefficient (Wildman–Crippen LogP) is 3.37. The highest BCUT2D eigenvalue weighted by Gasteiger charge is 1.84. The second-order valence-corrected chi connectivity index (χ2v) is 3.17. The lowest BCUT2D eigenvalue weighted by Gasteiger charge is -1.95. The number of rotatable bonds is 7. The molecule has 17 heavy (non-hydrogen) atoms. The molecule has 2 nitrogen and oxygen atoms in total. The van der Waals surface area contributed by atoms with Crippen LogP contribution in [0, 0.1) is 0 Å². The van der Waals surface area contributed by atoms with Crippen LogP contribution in [0.15, 0.2) is 73.9 Å². The van der Waals surface area contributed by atoms with Gasteiger partial charge in [-0.25, -0.2) is 0 Å². The van der Waals surface area contributed by atoms with E-state index in [9.17, 15) is 0 Å². The van der Waals surface area contributed by atoms with Crippen LogP contribution in [0.2, 0.25) is 0 Å². The van der Waals surface area contributed by atoms with E-state index in [1.807, 2.05) is 6.08 Å². The summed E-state index contributed by atoms with van der Waals surface area (Å²) in [6, 6.07) is 0. The number of aliphatic hydroxyl groups excluding tert-OH is 1. The number of aliphatic hydroxyl groups is 1. The first-order valence-electron chi connectivity index (χ1n) is 5.00. The highest BCUT2D eigenvalue weighted by atomic mass is 31.0. The third kappa shape index (κ3) is 12.7. The van der Waals surface area contributed by atoms with E-state index in [0.717, 1.165) is 11.1 Å². The lowest BCUT2D eigenvalue weighted by atomic mass is 10.2. The monoisotopic (exact) mass is 252 g/mol. The molecule has 1 unspecified atom stereocenters. The maximum absolute atomic E-state index is 8.47. The van der Waals surface area contributed by atoms with Gasteiger partial charge in [0.25, 0.3) is 0 Å². The molecule has 0 aromatic heterocycles. The van der Waals surface area contributed by atoms with Gasteiger partial charge >= 0.3 is 0 Å². The van der Waals surface area contributed by atoms with Gasteiger partial charge < -0.3 is 9.63 Å². The molecule has 0 aromatic carbocycles. The van der Waals surface area contributed by atoms with E-state index >= 15 is 0 Å². The molecule has 0 saturated carbocycles. The van der Waals surface area contributed by atoms with Crippen molar-refractivity contribution in [2.45, 2.75) is 0 Å². The standard InChI is InChI=1S/C7H11OP.C7H10O/c1-3-5-7(4-2)6-8-9;1-3-5-7(4-2)6-8/h3-5H,1-2,6,9H2;3-5,8H,1-2,6H2/b2*7-5+. The Balaban J connectivity index is 0. The molecule has 0 fully saturated rings. The van der Waals surface area contributed by atoms with Gasteiger partial charge in [0.2, 0.25) is 0 Å². The lowest BCUT2D eigenvalue weighted by Crippen LogP contribution is -1.84. The first-order valence-corrected chi connectivity index (χ1v) is 5.47. The van der Waals surface area contributed by atoms with Crippen molar-refractivity contribution in [3.8, 4) is 0 Å². The predicted molar refractivity (Wildman–Crippen MR) is 79.7 cm³/mol. The van der Waals surface area contributed by atoms with Crippen LogP contribution in [0.1, 0.15) is 0 Å². The smallest absolute Gasteiger partial charge is 0.0752 e. The van der Waals surface area contributed by atoms with Crippen LogP contribution >= 0.6 is 9.47 Å². The summed E-state index contributed by atoms with van der Waals surface area (Å²) >= 11 is 0. The number of hydrogen-bond donors (Lipinski definition) is 1. The summed E-state index contributed by atoms with van der Waals surface area (Å²) in [6.45, 7) is 14.7. The van der Waals surface area contributed by atoms with Gasteiger partial charge in [0, 0.05) is 9.47 Å².